The summed E-state index contributed by atoms with van der Waals surface area (Å²) in [6.45, 7) is 1.76. The third-order valence-electron chi connectivity index (χ3n) is 5.88. The third-order valence-corrected chi connectivity index (χ3v) is 5.88. The standard InChI is InChI=1S/C21H22N4O3/c26-20(14-3-5-16-17(11-14)24-25-23-16)22-13-21(7-1-2-8-21)15-4-6-18-19(12-15)28-10-9-27-18/h3-6,11-12H,1-2,7-10,13H2,(H,22,26)(H,23,24,25). The first kappa shape index (κ1) is 17.0. The number of carbonyl (C=O) groups excluding carboxylic acids is 1. The molecule has 0 saturated heterocycles. The monoisotopic (exact) mass is 378 g/mol. The first-order chi connectivity index (χ1) is 13.7. The number of carbonyl (C=O) groups is 1. The minimum Gasteiger partial charge on any atom is -0.486 e. The average Bonchev–Trinajstić information content (AvgIpc) is 3.41. The molecule has 5 rings (SSSR count). The fourth-order valence-corrected chi connectivity index (χ4v) is 4.33. The van der Waals surface area contributed by atoms with Gasteiger partial charge in [-0.3, -0.25) is 4.79 Å². The van der Waals surface area contributed by atoms with Gasteiger partial charge in [0.05, 0.1) is 0 Å². The SMILES string of the molecule is O=C(NCC1(c2ccc3c(c2)OCCO3)CCCC1)c1ccc2n[nH]nc2c1. The molecule has 0 spiro atoms. The lowest BCUT2D eigenvalue weighted by Crippen LogP contribution is -2.39. The van der Waals surface area contributed by atoms with Crippen molar-refractivity contribution in [2.24, 2.45) is 0 Å². The van der Waals surface area contributed by atoms with Gasteiger partial charge in [0, 0.05) is 17.5 Å². The summed E-state index contributed by atoms with van der Waals surface area (Å²) in [5.74, 6) is 1.51. The Morgan fingerprint density at radius 1 is 1.00 bits per heavy atom. The molecule has 0 unspecified atom stereocenters. The van der Waals surface area contributed by atoms with Gasteiger partial charge in [-0.2, -0.15) is 15.4 Å². The number of nitrogens with zero attached hydrogens (tertiary/aromatic N) is 2. The Balaban J connectivity index is 1.37. The highest BCUT2D eigenvalue weighted by Crippen LogP contribution is 2.43. The first-order valence-corrected chi connectivity index (χ1v) is 9.72. The average molecular weight is 378 g/mol. The summed E-state index contributed by atoms with van der Waals surface area (Å²) in [5, 5.41) is 13.8. The second kappa shape index (κ2) is 6.82. The molecule has 1 aliphatic heterocycles. The molecule has 2 aromatic carbocycles. The lowest BCUT2D eigenvalue weighted by atomic mass is 9.78. The number of ether oxygens (including phenoxy) is 2. The zero-order chi connectivity index (χ0) is 19.0. The molecule has 1 amide bonds. The van der Waals surface area contributed by atoms with Crippen LogP contribution in [0.5, 0.6) is 11.5 Å². The summed E-state index contributed by atoms with van der Waals surface area (Å²) < 4.78 is 11.4. The van der Waals surface area contributed by atoms with Crippen LogP contribution in [0.4, 0.5) is 0 Å². The minimum atomic E-state index is -0.0891. The highest BCUT2D eigenvalue weighted by Gasteiger charge is 2.37. The number of H-pyrrole nitrogens is 1. The second-order valence-electron chi connectivity index (χ2n) is 7.56. The molecular weight excluding hydrogens is 356 g/mol. The molecule has 1 aliphatic carbocycles. The van der Waals surface area contributed by atoms with E-state index in [4.69, 9.17) is 9.47 Å². The smallest absolute Gasteiger partial charge is 0.251 e. The van der Waals surface area contributed by atoms with Crippen LogP contribution in [0.1, 0.15) is 41.6 Å². The van der Waals surface area contributed by atoms with Gasteiger partial charge in [0.25, 0.3) is 5.91 Å². The molecule has 2 aliphatic rings. The van der Waals surface area contributed by atoms with E-state index in [0.717, 1.165) is 42.7 Å². The van der Waals surface area contributed by atoms with Crippen molar-refractivity contribution in [3.8, 4) is 11.5 Å². The van der Waals surface area contributed by atoms with E-state index in [9.17, 15) is 4.79 Å². The number of amides is 1. The van der Waals surface area contributed by atoms with Gasteiger partial charge in [-0.25, -0.2) is 0 Å². The van der Waals surface area contributed by atoms with Gasteiger partial charge in [-0.05, 0) is 48.7 Å². The van der Waals surface area contributed by atoms with Crippen LogP contribution in [-0.4, -0.2) is 41.1 Å². The molecule has 28 heavy (non-hydrogen) atoms. The third kappa shape index (κ3) is 2.96. The summed E-state index contributed by atoms with van der Waals surface area (Å²) >= 11 is 0. The van der Waals surface area contributed by atoms with Crippen molar-refractivity contribution in [1.29, 1.82) is 0 Å². The van der Waals surface area contributed by atoms with Crippen LogP contribution in [0.25, 0.3) is 11.0 Å². The van der Waals surface area contributed by atoms with Crippen molar-refractivity contribution in [2.75, 3.05) is 19.8 Å². The van der Waals surface area contributed by atoms with Gasteiger partial charge >= 0.3 is 0 Å². The molecule has 2 heterocycles. The van der Waals surface area contributed by atoms with E-state index in [0.29, 0.717) is 30.8 Å². The number of benzene rings is 2. The molecule has 1 fully saturated rings. The van der Waals surface area contributed by atoms with Gasteiger partial charge in [0.15, 0.2) is 11.5 Å². The number of aromatic amines is 1. The van der Waals surface area contributed by atoms with Crippen molar-refractivity contribution in [2.45, 2.75) is 31.1 Å². The van der Waals surface area contributed by atoms with E-state index in [2.05, 4.69) is 32.9 Å². The first-order valence-electron chi connectivity index (χ1n) is 9.72. The molecule has 3 aromatic rings. The van der Waals surface area contributed by atoms with Crippen LogP contribution >= 0.6 is 0 Å². The molecular formula is C21H22N4O3. The molecule has 1 saturated carbocycles. The van der Waals surface area contributed by atoms with Crippen LogP contribution in [0.15, 0.2) is 36.4 Å². The summed E-state index contributed by atoms with van der Waals surface area (Å²) in [6.07, 6.45) is 4.43. The van der Waals surface area contributed by atoms with Gasteiger partial charge in [0.1, 0.15) is 24.2 Å². The summed E-state index contributed by atoms with van der Waals surface area (Å²) in [4.78, 5) is 12.8. The van der Waals surface area contributed by atoms with Gasteiger partial charge in [-0.1, -0.05) is 18.9 Å². The van der Waals surface area contributed by atoms with E-state index in [-0.39, 0.29) is 11.3 Å². The maximum Gasteiger partial charge on any atom is 0.251 e. The Labute approximate surface area is 162 Å². The highest BCUT2D eigenvalue weighted by molar-refractivity contribution is 5.97. The Kier molecular flexibility index (Phi) is 4.15. The lowest BCUT2D eigenvalue weighted by Gasteiger charge is -2.31. The number of aromatic nitrogens is 3. The normalized spacial score (nSPS) is 17.6. The number of hydrogen-bond donors (Lipinski definition) is 2. The van der Waals surface area contributed by atoms with Crippen LogP contribution < -0.4 is 14.8 Å². The van der Waals surface area contributed by atoms with Crippen LogP contribution in [0.3, 0.4) is 0 Å². The second-order valence-corrected chi connectivity index (χ2v) is 7.56. The summed E-state index contributed by atoms with van der Waals surface area (Å²) in [5.41, 5.74) is 3.18. The van der Waals surface area contributed by atoms with Gasteiger partial charge < -0.3 is 14.8 Å². The number of rotatable bonds is 4. The maximum absolute atomic E-state index is 12.8. The zero-order valence-electron chi connectivity index (χ0n) is 15.5. The predicted octanol–water partition coefficient (Wildman–Crippen LogP) is 2.97. The highest BCUT2D eigenvalue weighted by atomic mass is 16.6. The fourth-order valence-electron chi connectivity index (χ4n) is 4.33. The van der Waals surface area contributed by atoms with Crippen molar-refractivity contribution < 1.29 is 14.3 Å². The topological polar surface area (TPSA) is 89.1 Å². The summed E-state index contributed by atoms with van der Waals surface area (Å²) in [6, 6.07) is 11.6. The minimum absolute atomic E-state index is 0.0660. The van der Waals surface area contributed by atoms with Crippen molar-refractivity contribution >= 4 is 16.9 Å². The van der Waals surface area contributed by atoms with E-state index < -0.39 is 0 Å². The van der Waals surface area contributed by atoms with Crippen LogP contribution in [0.2, 0.25) is 0 Å². The van der Waals surface area contributed by atoms with Crippen molar-refractivity contribution in [3.05, 3.63) is 47.5 Å². The zero-order valence-corrected chi connectivity index (χ0v) is 15.5. The number of hydrogen-bond acceptors (Lipinski definition) is 5. The molecule has 2 N–H and O–H groups in total. The maximum atomic E-state index is 12.8. The molecule has 0 bridgehead atoms. The van der Waals surface area contributed by atoms with Gasteiger partial charge in [0.2, 0.25) is 0 Å². The number of fused-ring (bicyclic) bond motifs is 2. The lowest BCUT2D eigenvalue weighted by molar-refractivity contribution is 0.0943. The van der Waals surface area contributed by atoms with Crippen molar-refractivity contribution in [1.82, 2.24) is 20.7 Å². The Morgan fingerprint density at radius 2 is 1.79 bits per heavy atom. The quantitative estimate of drug-likeness (QED) is 0.729. The van der Waals surface area contributed by atoms with Crippen LogP contribution in [-0.2, 0) is 5.41 Å². The fraction of sp³-hybridized carbons (Fsp3) is 0.381. The van der Waals surface area contributed by atoms with Crippen LogP contribution in [0, 0.1) is 0 Å². The van der Waals surface area contributed by atoms with E-state index in [1.165, 1.54) is 5.56 Å². The van der Waals surface area contributed by atoms with E-state index >= 15 is 0 Å². The largest absolute Gasteiger partial charge is 0.486 e. The molecule has 0 atom stereocenters. The predicted molar refractivity (Wildman–Crippen MR) is 104 cm³/mol. The number of nitrogens with one attached hydrogen (secondary N) is 2. The molecule has 7 nitrogen and oxygen atoms in total. The van der Waals surface area contributed by atoms with E-state index in [1.54, 1.807) is 18.2 Å². The molecule has 0 radical (unpaired) electrons. The Morgan fingerprint density at radius 3 is 2.64 bits per heavy atom. The van der Waals surface area contributed by atoms with Gasteiger partial charge in [-0.15, -0.1) is 0 Å². The molecule has 7 heteroatoms. The Bertz CT molecular complexity index is 1020. The molecule has 144 valence electrons. The van der Waals surface area contributed by atoms with E-state index in [1.807, 2.05) is 6.07 Å². The Hall–Kier alpha value is -3.09. The molecule has 1 aromatic heterocycles. The van der Waals surface area contributed by atoms with Crippen molar-refractivity contribution in [3.63, 3.8) is 0 Å². The summed E-state index contributed by atoms with van der Waals surface area (Å²) in [7, 11) is 0.